The molecular formula is C23H33IN4O3. The number of hydrogen-bond donors (Lipinski definition) is 3. The monoisotopic (exact) mass is 540 g/mol. The number of benzene rings is 2. The van der Waals surface area contributed by atoms with Gasteiger partial charge in [0.15, 0.2) is 17.5 Å². The fourth-order valence-electron chi connectivity index (χ4n) is 2.94. The summed E-state index contributed by atoms with van der Waals surface area (Å²) in [6.07, 6.45) is 0.784. The van der Waals surface area contributed by atoms with Crippen molar-refractivity contribution in [3.8, 4) is 11.5 Å². The molecule has 0 aliphatic carbocycles. The van der Waals surface area contributed by atoms with E-state index in [-0.39, 0.29) is 29.9 Å². The lowest BCUT2D eigenvalue weighted by molar-refractivity contribution is 0.0963. The summed E-state index contributed by atoms with van der Waals surface area (Å²) in [6.45, 7) is 6.55. The Morgan fingerprint density at radius 3 is 2.52 bits per heavy atom. The lowest BCUT2D eigenvalue weighted by Crippen LogP contribution is -2.38. The normalized spacial score (nSPS) is 10.6. The Kier molecular flexibility index (Phi) is 12.4. The second-order valence-corrected chi connectivity index (χ2v) is 6.57. The van der Waals surface area contributed by atoms with Gasteiger partial charge in [0.2, 0.25) is 0 Å². The zero-order valence-electron chi connectivity index (χ0n) is 18.7. The van der Waals surface area contributed by atoms with Crippen LogP contribution in [0.3, 0.4) is 0 Å². The van der Waals surface area contributed by atoms with Gasteiger partial charge in [-0.25, -0.2) is 4.99 Å². The molecule has 0 spiro atoms. The van der Waals surface area contributed by atoms with Crippen LogP contribution in [-0.2, 0) is 13.0 Å². The van der Waals surface area contributed by atoms with Crippen molar-refractivity contribution in [3.05, 3.63) is 59.2 Å². The van der Waals surface area contributed by atoms with Crippen molar-refractivity contribution in [1.82, 2.24) is 16.0 Å². The first kappa shape index (κ1) is 26.5. The first-order valence-corrected chi connectivity index (χ1v) is 10.2. The number of aliphatic imine (C=N–C) groups is 1. The molecule has 0 saturated carbocycles. The smallest absolute Gasteiger partial charge is 0.251 e. The van der Waals surface area contributed by atoms with Crippen molar-refractivity contribution in [2.75, 3.05) is 33.9 Å². The highest BCUT2D eigenvalue weighted by molar-refractivity contribution is 14.0. The Bertz CT molecular complexity index is 858. The molecule has 0 aliphatic rings. The number of carbonyl (C=O) groups is 1. The quantitative estimate of drug-likeness (QED) is 0.245. The highest BCUT2D eigenvalue weighted by Crippen LogP contribution is 2.28. The van der Waals surface area contributed by atoms with Crippen LogP contribution in [0.15, 0.2) is 47.5 Å². The number of halogens is 1. The SMILES string of the molecule is CCNC(=NCc1ccc(OC)c(OCC)c1)NCCc1cccc(C(=O)NC)c1.I. The number of methoxy groups -OCH3 is 1. The van der Waals surface area contributed by atoms with Crippen molar-refractivity contribution in [3.63, 3.8) is 0 Å². The number of amides is 1. The van der Waals surface area contributed by atoms with Gasteiger partial charge in [-0.05, 0) is 55.7 Å². The molecule has 2 aromatic rings. The van der Waals surface area contributed by atoms with Crippen LogP contribution in [0, 0.1) is 0 Å². The highest BCUT2D eigenvalue weighted by atomic mass is 127. The molecule has 0 aromatic heterocycles. The van der Waals surface area contributed by atoms with Crippen LogP contribution in [0.2, 0.25) is 0 Å². The average molecular weight is 540 g/mol. The summed E-state index contributed by atoms with van der Waals surface area (Å²) in [7, 11) is 3.27. The molecule has 3 N–H and O–H groups in total. The van der Waals surface area contributed by atoms with Crippen LogP contribution in [0.4, 0.5) is 0 Å². The van der Waals surface area contributed by atoms with Gasteiger partial charge in [0.25, 0.3) is 5.91 Å². The van der Waals surface area contributed by atoms with E-state index in [1.165, 1.54) is 0 Å². The van der Waals surface area contributed by atoms with E-state index in [1.54, 1.807) is 14.2 Å². The van der Waals surface area contributed by atoms with Crippen LogP contribution in [-0.4, -0.2) is 45.7 Å². The number of ether oxygens (including phenoxy) is 2. The lowest BCUT2D eigenvalue weighted by atomic mass is 10.1. The van der Waals surface area contributed by atoms with Gasteiger partial charge in [-0.1, -0.05) is 18.2 Å². The zero-order valence-corrected chi connectivity index (χ0v) is 21.0. The summed E-state index contributed by atoms with van der Waals surface area (Å²) in [4.78, 5) is 16.5. The third kappa shape index (κ3) is 8.64. The Morgan fingerprint density at radius 1 is 1.03 bits per heavy atom. The van der Waals surface area contributed by atoms with E-state index in [0.29, 0.717) is 31.0 Å². The Morgan fingerprint density at radius 2 is 1.84 bits per heavy atom. The topological polar surface area (TPSA) is 84.0 Å². The van der Waals surface area contributed by atoms with Crippen LogP contribution in [0.1, 0.15) is 35.3 Å². The van der Waals surface area contributed by atoms with Crippen molar-refractivity contribution in [1.29, 1.82) is 0 Å². The minimum atomic E-state index is -0.0781. The maximum atomic E-state index is 11.8. The van der Waals surface area contributed by atoms with Crippen LogP contribution < -0.4 is 25.4 Å². The second kappa shape index (κ2) is 14.5. The molecule has 2 rings (SSSR count). The molecule has 0 saturated heterocycles. The van der Waals surface area contributed by atoms with Gasteiger partial charge >= 0.3 is 0 Å². The second-order valence-electron chi connectivity index (χ2n) is 6.57. The average Bonchev–Trinajstić information content (AvgIpc) is 2.77. The molecule has 7 nitrogen and oxygen atoms in total. The van der Waals surface area contributed by atoms with E-state index in [2.05, 4.69) is 20.9 Å². The molecule has 0 radical (unpaired) electrons. The van der Waals surface area contributed by atoms with Crippen LogP contribution >= 0.6 is 24.0 Å². The molecule has 0 fully saturated rings. The molecule has 0 unspecified atom stereocenters. The predicted molar refractivity (Wildman–Crippen MR) is 136 cm³/mol. The van der Waals surface area contributed by atoms with Crippen molar-refractivity contribution in [2.24, 2.45) is 4.99 Å². The molecular weight excluding hydrogens is 507 g/mol. The van der Waals surface area contributed by atoms with Gasteiger partial charge < -0.3 is 25.4 Å². The van der Waals surface area contributed by atoms with Gasteiger partial charge in [-0.2, -0.15) is 0 Å². The van der Waals surface area contributed by atoms with Crippen molar-refractivity contribution < 1.29 is 14.3 Å². The third-order valence-electron chi connectivity index (χ3n) is 4.41. The number of hydrogen-bond acceptors (Lipinski definition) is 4. The Balaban J connectivity index is 0.00000480. The fraction of sp³-hybridized carbons (Fsp3) is 0.391. The van der Waals surface area contributed by atoms with Gasteiger partial charge in [-0.3, -0.25) is 4.79 Å². The third-order valence-corrected chi connectivity index (χ3v) is 4.41. The first-order chi connectivity index (χ1) is 14.6. The standard InChI is InChI=1S/C23H32N4O3.HI/c1-5-25-23(26-13-12-17-8-7-9-19(14-17)22(28)24-3)27-16-18-10-11-20(29-4)21(15-18)30-6-2;/h7-11,14-15H,5-6,12-13,16H2,1-4H3,(H,24,28)(H2,25,26,27);1H. The van der Waals surface area contributed by atoms with Gasteiger partial charge in [0, 0.05) is 25.7 Å². The number of guanidine groups is 1. The number of carbonyl (C=O) groups excluding carboxylic acids is 1. The maximum absolute atomic E-state index is 11.8. The zero-order chi connectivity index (χ0) is 21.8. The predicted octanol–water partition coefficient (Wildman–Crippen LogP) is 3.37. The number of nitrogens with one attached hydrogen (secondary N) is 3. The lowest BCUT2D eigenvalue weighted by Gasteiger charge is -2.13. The van der Waals surface area contributed by atoms with E-state index in [0.717, 1.165) is 35.8 Å². The van der Waals surface area contributed by atoms with Gasteiger partial charge in [0.1, 0.15) is 0 Å². The Hall–Kier alpha value is -2.49. The summed E-state index contributed by atoms with van der Waals surface area (Å²) in [5, 5.41) is 9.26. The number of rotatable bonds is 10. The van der Waals surface area contributed by atoms with Gasteiger partial charge in [-0.15, -0.1) is 24.0 Å². The van der Waals surface area contributed by atoms with E-state index >= 15 is 0 Å². The van der Waals surface area contributed by atoms with E-state index in [4.69, 9.17) is 9.47 Å². The molecule has 2 aromatic carbocycles. The van der Waals surface area contributed by atoms with Crippen LogP contribution in [0.25, 0.3) is 0 Å². The van der Waals surface area contributed by atoms with Crippen molar-refractivity contribution >= 4 is 35.8 Å². The van der Waals surface area contributed by atoms with Crippen molar-refractivity contribution in [2.45, 2.75) is 26.8 Å². The first-order valence-electron chi connectivity index (χ1n) is 10.2. The Labute approximate surface area is 202 Å². The largest absolute Gasteiger partial charge is 0.493 e. The maximum Gasteiger partial charge on any atom is 0.251 e. The minimum absolute atomic E-state index is 0. The summed E-state index contributed by atoms with van der Waals surface area (Å²) in [5.41, 5.74) is 2.80. The molecule has 0 heterocycles. The van der Waals surface area contributed by atoms with E-state index < -0.39 is 0 Å². The molecule has 0 aliphatic heterocycles. The number of nitrogens with zero attached hydrogens (tertiary/aromatic N) is 1. The minimum Gasteiger partial charge on any atom is -0.493 e. The molecule has 1 amide bonds. The molecule has 8 heteroatoms. The fourth-order valence-corrected chi connectivity index (χ4v) is 2.94. The molecule has 0 bridgehead atoms. The summed E-state index contributed by atoms with van der Waals surface area (Å²) in [5.74, 6) is 2.11. The van der Waals surface area contributed by atoms with E-state index in [9.17, 15) is 4.79 Å². The molecule has 0 atom stereocenters. The summed E-state index contributed by atoms with van der Waals surface area (Å²) >= 11 is 0. The summed E-state index contributed by atoms with van der Waals surface area (Å²) in [6, 6.07) is 13.5. The molecule has 170 valence electrons. The summed E-state index contributed by atoms with van der Waals surface area (Å²) < 4.78 is 11.0. The van der Waals surface area contributed by atoms with E-state index in [1.807, 2.05) is 56.3 Å². The van der Waals surface area contributed by atoms with Gasteiger partial charge in [0.05, 0.1) is 20.3 Å². The molecule has 31 heavy (non-hydrogen) atoms. The highest BCUT2D eigenvalue weighted by Gasteiger charge is 2.06. The van der Waals surface area contributed by atoms with Crippen LogP contribution in [0.5, 0.6) is 11.5 Å².